The van der Waals surface area contributed by atoms with Crippen LogP contribution >= 0.6 is 27.3 Å². The number of fused-ring (bicyclic) bond motifs is 1. The van der Waals surface area contributed by atoms with Crippen LogP contribution in [0.4, 0.5) is 9.52 Å². The molecule has 3 nitrogen and oxygen atoms in total. The number of nitrogens with zero attached hydrogens (tertiary/aromatic N) is 1. The lowest BCUT2D eigenvalue weighted by molar-refractivity contribution is -0.115. The largest absolute Gasteiger partial charge is 0.301 e. The first-order valence-electron chi connectivity index (χ1n) is 5.61. The van der Waals surface area contributed by atoms with E-state index in [9.17, 15) is 9.18 Å². The zero-order valence-corrected chi connectivity index (χ0v) is 12.1. The van der Waals surface area contributed by atoms with Crippen molar-refractivity contribution >= 4 is 48.5 Å². The van der Waals surface area contributed by atoms with Crippen molar-refractivity contribution < 1.29 is 9.18 Å². The minimum atomic E-state index is -0.367. The summed E-state index contributed by atoms with van der Waals surface area (Å²) in [5.74, 6) is -0.510. The van der Waals surface area contributed by atoms with Crippen LogP contribution in [-0.2, 0) is 4.79 Å². The number of hydrogen-bond acceptors (Lipinski definition) is 3. The first kappa shape index (κ1) is 13.4. The number of aromatic nitrogens is 1. The number of alkyl halides is 1. The topological polar surface area (TPSA) is 42.0 Å². The van der Waals surface area contributed by atoms with Gasteiger partial charge in [0.2, 0.25) is 5.91 Å². The molecule has 0 saturated heterocycles. The van der Waals surface area contributed by atoms with Crippen LogP contribution in [0.1, 0.15) is 19.8 Å². The van der Waals surface area contributed by atoms with Crippen LogP contribution in [0.25, 0.3) is 10.2 Å². The Balaban J connectivity index is 2.17. The summed E-state index contributed by atoms with van der Waals surface area (Å²) in [5, 5.41) is 3.13. The lowest BCUT2D eigenvalue weighted by atomic mass is 10.2. The van der Waals surface area contributed by atoms with Crippen LogP contribution < -0.4 is 5.32 Å². The molecule has 2 aromatic rings. The van der Waals surface area contributed by atoms with Gasteiger partial charge in [-0.1, -0.05) is 46.7 Å². The first-order chi connectivity index (χ1) is 8.61. The fourth-order valence-electron chi connectivity index (χ4n) is 1.54. The Morgan fingerprint density at radius 2 is 2.39 bits per heavy atom. The quantitative estimate of drug-likeness (QED) is 0.863. The normalized spacial score (nSPS) is 12.6. The average Bonchev–Trinajstić information content (AvgIpc) is 2.73. The maximum absolute atomic E-state index is 13.4. The summed E-state index contributed by atoms with van der Waals surface area (Å²) in [4.78, 5) is 15.6. The molecule has 2 rings (SSSR count). The van der Waals surface area contributed by atoms with Crippen LogP contribution in [0.3, 0.4) is 0 Å². The summed E-state index contributed by atoms with van der Waals surface area (Å²) in [7, 11) is 0. The number of carbonyl (C=O) groups excluding carboxylic acids is 1. The lowest BCUT2D eigenvalue weighted by Gasteiger charge is -2.06. The van der Waals surface area contributed by atoms with Crippen molar-refractivity contribution in [2.24, 2.45) is 0 Å². The molecule has 0 aliphatic rings. The molecule has 1 unspecified atom stereocenters. The molecular formula is C12H12BrFN2OS. The molecular weight excluding hydrogens is 319 g/mol. The Bertz CT molecular complexity index is 572. The molecule has 0 aliphatic carbocycles. The third kappa shape index (κ3) is 2.87. The van der Waals surface area contributed by atoms with E-state index in [4.69, 9.17) is 0 Å². The molecule has 0 radical (unpaired) electrons. The van der Waals surface area contributed by atoms with E-state index in [2.05, 4.69) is 26.2 Å². The van der Waals surface area contributed by atoms with E-state index >= 15 is 0 Å². The van der Waals surface area contributed by atoms with Gasteiger partial charge in [0.15, 0.2) is 5.13 Å². The zero-order valence-electron chi connectivity index (χ0n) is 9.74. The Morgan fingerprint density at radius 1 is 1.61 bits per heavy atom. The molecule has 96 valence electrons. The number of benzene rings is 1. The Hall–Kier alpha value is -1.01. The van der Waals surface area contributed by atoms with Crippen LogP contribution in [0.5, 0.6) is 0 Å². The van der Waals surface area contributed by atoms with E-state index in [0.29, 0.717) is 10.6 Å². The smallest absolute Gasteiger partial charge is 0.239 e. The molecule has 1 aromatic carbocycles. The standard InChI is InChI=1S/C12H12BrFN2OS/c1-2-4-7(13)11(17)16-12-15-10-8(14)5-3-6-9(10)18-12/h3,5-7H,2,4H2,1H3,(H,15,16,17). The second-order valence-electron chi connectivity index (χ2n) is 3.85. The van der Waals surface area contributed by atoms with Gasteiger partial charge in [-0.25, -0.2) is 9.37 Å². The third-order valence-electron chi connectivity index (χ3n) is 2.43. The van der Waals surface area contributed by atoms with E-state index in [1.165, 1.54) is 17.4 Å². The number of thiazole rings is 1. The van der Waals surface area contributed by atoms with Crippen molar-refractivity contribution in [3.63, 3.8) is 0 Å². The highest BCUT2D eigenvalue weighted by Crippen LogP contribution is 2.27. The van der Waals surface area contributed by atoms with E-state index < -0.39 is 0 Å². The Labute approximate surface area is 117 Å². The molecule has 0 aliphatic heterocycles. The number of anilines is 1. The molecule has 0 bridgehead atoms. The molecule has 1 atom stereocenters. The molecule has 1 heterocycles. The van der Waals surface area contributed by atoms with E-state index in [1.54, 1.807) is 12.1 Å². The number of rotatable bonds is 4. The zero-order chi connectivity index (χ0) is 13.1. The molecule has 0 fully saturated rings. The third-order valence-corrected chi connectivity index (χ3v) is 4.24. The maximum Gasteiger partial charge on any atom is 0.239 e. The number of nitrogens with one attached hydrogen (secondary N) is 1. The molecule has 1 amide bonds. The summed E-state index contributed by atoms with van der Waals surface area (Å²) in [5.41, 5.74) is 0.305. The first-order valence-corrected chi connectivity index (χ1v) is 7.35. The van der Waals surface area contributed by atoms with Gasteiger partial charge in [-0.2, -0.15) is 0 Å². The van der Waals surface area contributed by atoms with E-state index in [-0.39, 0.29) is 16.6 Å². The van der Waals surface area contributed by atoms with Gasteiger partial charge < -0.3 is 5.32 Å². The predicted molar refractivity (Wildman–Crippen MR) is 75.8 cm³/mol. The monoisotopic (exact) mass is 330 g/mol. The van der Waals surface area contributed by atoms with Gasteiger partial charge in [0, 0.05) is 0 Å². The van der Waals surface area contributed by atoms with Crippen LogP contribution in [0, 0.1) is 5.82 Å². The van der Waals surface area contributed by atoms with Gasteiger partial charge in [-0.15, -0.1) is 0 Å². The molecule has 18 heavy (non-hydrogen) atoms. The van der Waals surface area contributed by atoms with Crippen LogP contribution in [-0.4, -0.2) is 15.7 Å². The van der Waals surface area contributed by atoms with Gasteiger partial charge in [-0.3, -0.25) is 4.79 Å². The molecule has 1 aromatic heterocycles. The van der Waals surface area contributed by atoms with Gasteiger partial charge in [0.1, 0.15) is 11.3 Å². The molecule has 1 N–H and O–H groups in total. The number of halogens is 2. The molecule has 0 saturated carbocycles. The summed E-state index contributed by atoms with van der Waals surface area (Å²) < 4.78 is 14.2. The van der Waals surface area contributed by atoms with Crippen molar-refractivity contribution in [1.82, 2.24) is 4.98 Å². The highest BCUT2D eigenvalue weighted by molar-refractivity contribution is 9.10. The summed E-state index contributed by atoms with van der Waals surface area (Å²) >= 11 is 4.58. The lowest BCUT2D eigenvalue weighted by Crippen LogP contribution is -2.22. The fourth-order valence-corrected chi connectivity index (χ4v) is 2.99. The van der Waals surface area contributed by atoms with Gasteiger partial charge in [-0.05, 0) is 18.6 Å². The second-order valence-corrected chi connectivity index (χ2v) is 5.99. The van der Waals surface area contributed by atoms with Crippen molar-refractivity contribution in [1.29, 1.82) is 0 Å². The Morgan fingerprint density at radius 3 is 3.06 bits per heavy atom. The van der Waals surface area contributed by atoms with Crippen LogP contribution in [0.2, 0.25) is 0 Å². The minimum absolute atomic E-state index is 0.142. The highest BCUT2D eigenvalue weighted by atomic mass is 79.9. The second kappa shape index (κ2) is 5.75. The number of para-hydroxylation sites is 1. The summed E-state index contributed by atoms with van der Waals surface area (Å²) in [6.07, 6.45) is 1.67. The predicted octanol–water partition coefficient (Wildman–Crippen LogP) is 3.94. The number of hydrogen-bond donors (Lipinski definition) is 1. The summed E-state index contributed by atoms with van der Waals surface area (Å²) in [6, 6.07) is 4.77. The van der Waals surface area contributed by atoms with Gasteiger partial charge in [0.05, 0.1) is 9.53 Å². The molecule has 0 spiro atoms. The maximum atomic E-state index is 13.4. The van der Waals surface area contributed by atoms with Crippen molar-refractivity contribution in [2.45, 2.75) is 24.6 Å². The van der Waals surface area contributed by atoms with Crippen molar-refractivity contribution in [3.8, 4) is 0 Å². The van der Waals surface area contributed by atoms with Gasteiger partial charge >= 0.3 is 0 Å². The Kier molecular flexibility index (Phi) is 4.29. The fraction of sp³-hybridized carbons (Fsp3) is 0.333. The van der Waals surface area contributed by atoms with E-state index in [1.807, 2.05) is 6.92 Å². The van der Waals surface area contributed by atoms with Crippen molar-refractivity contribution in [2.75, 3.05) is 5.32 Å². The average molecular weight is 331 g/mol. The highest BCUT2D eigenvalue weighted by Gasteiger charge is 2.16. The van der Waals surface area contributed by atoms with E-state index in [0.717, 1.165) is 17.5 Å². The van der Waals surface area contributed by atoms with Gasteiger partial charge in [0.25, 0.3) is 0 Å². The van der Waals surface area contributed by atoms with Crippen molar-refractivity contribution in [3.05, 3.63) is 24.0 Å². The number of amides is 1. The molecule has 6 heteroatoms. The SMILES string of the molecule is CCCC(Br)C(=O)Nc1nc2c(F)cccc2s1. The minimum Gasteiger partial charge on any atom is -0.301 e. The van der Waals surface area contributed by atoms with Crippen LogP contribution in [0.15, 0.2) is 18.2 Å². The number of carbonyl (C=O) groups is 1. The summed E-state index contributed by atoms with van der Waals surface area (Å²) in [6.45, 7) is 2.01.